The summed E-state index contributed by atoms with van der Waals surface area (Å²) in [4.78, 5) is 18.9. The molecule has 0 spiro atoms. The van der Waals surface area contributed by atoms with Crippen molar-refractivity contribution < 1.29 is 22.7 Å². The molecule has 9 nitrogen and oxygen atoms in total. The van der Waals surface area contributed by atoms with Gasteiger partial charge in [-0.1, -0.05) is 36.8 Å². The van der Waals surface area contributed by atoms with Gasteiger partial charge in [-0.2, -0.15) is 4.73 Å². The summed E-state index contributed by atoms with van der Waals surface area (Å²) in [5, 5.41) is 11.4. The number of nitrogens with zero attached hydrogens (tertiary/aromatic N) is 4. The predicted octanol–water partition coefficient (Wildman–Crippen LogP) is 4.95. The number of pyridine rings is 1. The predicted molar refractivity (Wildman–Crippen MR) is 173 cm³/mol. The van der Waals surface area contributed by atoms with Crippen LogP contribution in [0.5, 0.6) is 5.75 Å². The topological polar surface area (TPSA) is 97.1 Å². The minimum absolute atomic E-state index is 0.00766. The van der Waals surface area contributed by atoms with E-state index in [0.717, 1.165) is 42.3 Å². The first-order valence-electron chi connectivity index (χ1n) is 15.5. The third kappa shape index (κ3) is 7.85. The smallest absolute Gasteiger partial charge is 0.270 e. The van der Waals surface area contributed by atoms with Crippen molar-refractivity contribution >= 4 is 33.8 Å². The number of amides is 1. The number of benzene rings is 2. The quantitative estimate of drug-likeness (QED) is 0.222. The average molecular weight is 619 g/mol. The van der Waals surface area contributed by atoms with Crippen LogP contribution in [-0.4, -0.2) is 70.0 Å². The van der Waals surface area contributed by atoms with Gasteiger partial charge in [0, 0.05) is 24.6 Å². The maximum absolute atomic E-state index is 14.1. The summed E-state index contributed by atoms with van der Waals surface area (Å²) in [6.07, 6.45) is 13.2. The van der Waals surface area contributed by atoms with Crippen LogP contribution in [0.4, 0.5) is 5.69 Å². The van der Waals surface area contributed by atoms with Gasteiger partial charge in [0.2, 0.25) is 5.91 Å². The van der Waals surface area contributed by atoms with E-state index in [9.17, 15) is 18.4 Å². The SMILES string of the molecule is COc1ccc(S(=O)(=O)N(C(=O)CCCN2CCC(N3CCCCC3)CC2)c2ccccc2/C=C/c2cc[n+]([O-])cc2)cc1. The van der Waals surface area contributed by atoms with Crippen molar-refractivity contribution in [1.29, 1.82) is 0 Å². The number of sulfonamides is 1. The summed E-state index contributed by atoms with van der Waals surface area (Å²) in [6.45, 7) is 5.18. The lowest BCUT2D eigenvalue weighted by Crippen LogP contribution is -2.47. The maximum Gasteiger partial charge on any atom is 0.270 e. The van der Waals surface area contributed by atoms with Gasteiger partial charge in [0.15, 0.2) is 12.4 Å². The van der Waals surface area contributed by atoms with Crippen LogP contribution in [0.15, 0.2) is 78.0 Å². The van der Waals surface area contributed by atoms with Crippen LogP contribution in [0.1, 0.15) is 56.1 Å². The molecular weight excluding hydrogens is 576 g/mol. The van der Waals surface area contributed by atoms with Gasteiger partial charge in [0.05, 0.1) is 17.7 Å². The van der Waals surface area contributed by atoms with E-state index < -0.39 is 15.9 Å². The molecule has 0 N–H and O–H groups in total. The van der Waals surface area contributed by atoms with Gasteiger partial charge in [-0.15, -0.1) is 0 Å². The fourth-order valence-corrected chi connectivity index (χ4v) is 7.61. The van der Waals surface area contributed by atoms with Gasteiger partial charge < -0.3 is 19.7 Å². The number of likely N-dealkylation sites (tertiary alicyclic amines) is 2. The highest BCUT2D eigenvalue weighted by molar-refractivity contribution is 7.93. The van der Waals surface area contributed by atoms with Crippen molar-refractivity contribution in [2.24, 2.45) is 0 Å². The Morgan fingerprint density at radius 2 is 1.64 bits per heavy atom. The maximum atomic E-state index is 14.1. The summed E-state index contributed by atoms with van der Waals surface area (Å²) >= 11 is 0. The third-order valence-corrected chi connectivity index (χ3v) is 10.3. The molecule has 2 aliphatic rings. The van der Waals surface area contributed by atoms with Gasteiger partial charge >= 0.3 is 0 Å². The summed E-state index contributed by atoms with van der Waals surface area (Å²) in [5.41, 5.74) is 1.62. The molecule has 0 saturated carbocycles. The highest BCUT2D eigenvalue weighted by Crippen LogP contribution is 2.31. The van der Waals surface area contributed by atoms with E-state index in [2.05, 4.69) is 9.80 Å². The van der Waals surface area contributed by atoms with Gasteiger partial charge in [0.1, 0.15) is 5.75 Å². The second-order valence-corrected chi connectivity index (χ2v) is 13.3. The Labute approximate surface area is 261 Å². The van der Waals surface area contributed by atoms with Crippen LogP contribution >= 0.6 is 0 Å². The molecule has 1 amide bonds. The second kappa shape index (κ2) is 14.8. The van der Waals surface area contributed by atoms with E-state index in [-0.39, 0.29) is 17.0 Å². The van der Waals surface area contributed by atoms with Crippen molar-refractivity contribution in [2.75, 3.05) is 44.1 Å². The zero-order valence-corrected chi connectivity index (χ0v) is 26.2. The van der Waals surface area contributed by atoms with Gasteiger partial charge in [0.25, 0.3) is 10.0 Å². The molecule has 0 atom stereocenters. The molecule has 0 aliphatic carbocycles. The minimum atomic E-state index is -4.23. The van der Waals surface area contributed by atoms with E-state index >= 15 is 0 Å². The normalized spacial score (nSPS) is 17.1. The molecule has 5 rings (SSSR count). The number of carbonyl (C=O) groups is 1. The number of carbonyl (C=O) groups excluding carboxylic acids is 1. The lowest BCUT2D eigenvalue weighted by atomic mass is 10.00. The Morgan fingerprint density at radius 3 is 2.32 bits per heavy atom. The fraction of sp³-hybridized carbons (Fsp3) is 0.412. The Hall–Kier alpha value is -3.73. The van der Waals surface area contributed by atoms with Crippen molar-refractivity contribution in [3.8, 4) is 5.75 Å². The minimum Gasteiger partial charge on any atom is -0.619 e. The molecule has 44 heavy (non-hydrogen) atoms. The molecule has 234 valence electrons. The lowest BCUT2D eigenvalue weighted by molar-refractivity contribution is -0.605. The van der Waals surface area contributed by atoms with E-state index in [4.69, 9.17) is 4.74 Å². The second-order valence-electron chi connectivity index (χ2n) is 11.5. The largest absolute Gasteiger partial charge is 0.619 e. The zero-order valence-electron chi connectivity index (χ0n) is 25.4. The van der Waals surface area contributed by atoms with Crippen molar-refractivity contribution in [3.05, 3.63) is 89.4 Å². The van der Waals surface area contributed by atoms with Crippen LogP contribution in [0.2, 0.25) is 0 Å². The van der Waals surface area contributed by atoms with Gasteiger partial charge in [-0.3, -0.25) is 4.79 Å². The number of anilines is 1. The first-order chi connectivity index (χ1) is 21.3. The number of piperidine rings is 2. The molecule has 10 heteroatoms. The average Bonchev–Trinajstić information content (AvgIpc) is 3.06. The van der Waals surface area contributed by atoms with Gasteiger partial charge in [-0.05, 0) is 106 Å². The molecule has 2 saturated heterocycles. The molecule has 2 fully saturated rings. The molecule has 2 aliphatic heterocycles. The number of aromatic nitrogens is 1. The Bertz CT molecular complexity index is 1510. The number of para-hydroxylation sites is 1. The lowest BCUT2D eigenvalue weighted by Gasteiger charge is -2.40. The molecule has 0 unspecified atom stereocenters. The number of rotatable bonds is 11. The van der Waals surface area contributed by atoms with E-state index in [1.807, 2.05) is 0 Å². The van der Waals surface area contributed by atoms with E-state index in [0.29, 0.717) is 28.5 Å². The number of methoxy groups -OCH3 is 1. The van der Waals surface area contributed by atoms with E-state index in [1.165, 1.54) is 64.0 Å². The summed E-state index contributed by atoms with van der Waals surface area (Å²) in [5.74, 6) is 0.0495. The number of ether oxygens (including phenoxy) is 1. The first-order valence-corrected chi connectivity index (χ1v) is 16.9. The van der Waals surface area contributed by atoms with Crippen molar-refractivity contribution in [1.82, 2.24) is 9.80 Å². The Balaban J connectivity index is 1.33. The molecule has 1 aromatic heterocycles. The first kappa shape index (κ1) is 31.7. The third-order valence-electron chi connectivity index (χ3n) is 8.59. The standard InChI is InChI=1S/C34H42N4O5S/c1-43-31-13-15-32(16-14-31)44(41,42)38(33-9-4-3-8-29(33)12-11-28-17-26-37(40)27-18-28)34(39)10-7-21-35-24-19-30(20-25-35)36-22-5-2-6-23-36/h3-4,8-9,11-18,26-27,30H,2,5-7,10,19-25H2,1H3/b12-11+. The van der Waals surface area contributed by atoms with Crippen LogP contribution < -0.4 is 13.8 Å². The molecular formula is C34H42N4O5S. The monoisotopic (exact) mass is 618 g/mol. The van der Waals surface area contributed by atoms with Crippen LogP contribution in [-0.2, 0) is 14.8 Å². The highest BCUT2D eigenvalue weighted by atomic mass is 32.2. The summed E-state index contributed by atoms with van der Waals surface area (Å²) < 4.78 is 35.0. The molecule has 0 radical (unpaired) electrons. The van der Waals surface area contributed by atoms with Crippen LogP contribution in [0.25, 0.3) is 12.2 Å². The van der Waals surface area contributed by atoms with Crippen molar-refractivity contribution in [2.45, 2.75) is 55.9 Å². The van der Waals surface area contributed by atoms with Crippen LogP contribution in [0, 0.1) is 5.21 Å². The summed E-state index contributed by atoms with van der Waals surface area (Å²) in [7, 11) is -2.72. The fourth-order valence-electron chi connectivity index (χ4n) is 6.13. The molecule has 0 bridgehead atoms. The molecule has 3 aromatic rings. The summed E-state index contributed by atoms with van der Waals surface area (Å²) in [6, 6.07) is 17.0. The Morgan fingerprint density at radius 1 is 0.955 bits per heavy atom. The highest BCUT2D eigenvalue weighted by Gasteiger charge is 2.32. The van der Waals surface area contributed by atoms with Crippen LogP contribution in [0.3, 0.4) is 0 Å². The zero-order chi connectivity index (χ0) is 30.9. The Kier molecular flexibility index (Phi) is 10.7. The van der Waals surface area contributed by atoms with Gasteiger partial charge in [-0.25, -0.2) is 12.7 Å². The molecule has 3 heterocycles. The molecule has 2 aromatic carbocycles. The number of hydrogen-bond acceptors (Lipinski definition) is 7. The van der Waals surface area contributed by atoms with Crippen molar-refractivity contribution in [3.63, 3.8) is 0 Å². The van der Waals surface area contributed by atoms with E-state index in [1.54, 1.807) is 60.7 Å². The number of hydrogen-bond donors (Lipinski definition) is 0.